The highest BCUT2D eigenvalue weighted by molar-refractivity contribution is 4.74. The van der Waals surface area contributed by atoms with Crippen molar-refractivity contribution in [3.8, 4) is 0 Å². The Hall–Kier alpha value is -0.220. The molecule has 1 fully saturated rings. The lowest BCUT2D eigenvalue weighted by molar-refractivity contribution is -0.0138. The van der Waals surface area contributed by atoms with Gasteiger partial charge in [0, 0.05) is 6.92 Å². The maximum Gasteiger partial charge on any atom is 0.257 e. The molecule has 0 spiro atoms. The van der Waals surface area contributed by atoms with Crippen LogP contribution in [0, 0.1) is 5.92 Å². The van der Waals surface area contributed by atoms with E-state index in [0.717, 1.165) is 45.7 Å². The number of hydrogen-bond donors (Lipinski definition) is 1. The summed E-state index contributed by atoms with van der Waals surface area (Å²) >= 11 is 0. The van der Waals surface area contributed by atoms with Crippen molar-refractivity contribution in [1.29, 1.82) is 0 Å². The second-order valence-electron chi connectivity index (χ2n) is 4.72. The summed E-state index contributed by atoms with van der Waals surface area (Å²) in [4.78, 5) is 1.89. The van der Waals surface area contributed by atoms with Crippen molar-refractivity contribution in [2.45, 2.75) is 38.5 Å². The van der Waals surface area contributed by atoms with Gasteiger partial charge in [0.1, 0.15) is 0 Å². The Kier molecular flexibility index (Phi) is 4.93. The van der Waals surface area contributed by atoms with Crippen molar-refractivity contribution in [2.24, 2.45) is 11.7 Å². The van der Waals surface area contributed by atoms with Gasteiger partial charge < -0.3 is 5.73 Å². The molecule has 2 nitrogen and oxygen atoms in total. The first-order valence-corrected chi connectivity index (χ1v) is 5.81. The Morgan fingerprint density at radius 1 is 1.33 bits per heavy atom. The van der Waals surface area contributed by atoms with Gasteiger partial charge in [-0.15, -0.1) is 0 Å². The smallest absolute Gasteiger partial charge is 0.257 e. The van der Waals surface area contributed by atoms with Crippen molar-refractivity contribution in [1.82, 2.24) is 4.90 Å². The van der Waals surface area contributed by atoms with Gasteiger partial charge >= 0.3 is 0 Å². The van der Waals surface area contributed by atoms with Gasteiger partial charge in [-0.3, -0.25) is 4.90 Å². The molecule has 0 saturated carbocycles. The molecule has 90 valence electrons. The maximum absolute atomic E-state index is 12.8. The largest absolute Gasteiger partial charge is 0.330 e. The Balaban J connectivity index is 2.32. The number of nitrogens with zero attached hydrogens (tertiary/aromatic N) is 1. The molecule has 1 atom stereocenters. The minimum Gasteiger partial charge on any atom is -0.330 e. The second kappa shape index (κ2) is 5.75. The van der Waals surface area contributed by atoms with Crippen LogP contribution in [0.4, 0.5) is 8.78 Å². The van der Waals surface area contributed by atoms with E-state index >= 15 is 0 Å². The topological polar surface area (TPSA) is 29.3 Å². The van der Waals surface area contributed by atoms with Gasteiger partial charge in [0.2, 0.25) is 0 Å². The fourth-order valence-electron chi connectivity index (χ4n) is 2.30. The third kappa shape index (κ3) is 5.42. The van der Waals surface area contributed by atoms with E-state index in [4.69, 9.17) is 5.73 Å². The molecule has 0 aromatic carbocycles. The summed E-state index contributed by atoms with van der Waals surface area (Å²) in [6.07, 6.45) is 4.23. The number of hydrogen-bond acceptors (Lipinski definition) is 2. The maximum atomic E-state index is 12.8. The van der Waals surface area contributed by atoms with Gasteiger partial charge in [0.05, 0.1) is 6.54 Å². The van der Waals surface area contributed by atoms with Crippen LogP contribution in [0.3, 0.4) is 0 Å². The molecule has 0 amide bonds. The van der Waals surface area contributed by atoms with Crippen LogP contribution < -0.4 is 5.73 Å². The monoisotopic (exact) mass is 220 g/mol. The molecule has 0 aliphatic carbocycles. The van der Waals surface area contributed by atoms with Gasteiger partial charge in [-0.2, -0.15) is 0 Å². The quantitative estimate of drug-likeness (QED) is 0.786. The summed E-state index contributed by atoms with van der Waals surface area (Å²) in [6.45, 7) is 3.23. The second-order valence-corrected chi connectivity index (χ2v) is 4.72. The number of halogens is 2. The normalized spacial score (nSPS) is 25.2. The van der Waals surface area contributed by atoms with E-state index in [0.29, 0.717) is 12.5 Å². The first-order chi connectivity index (χ1) is 7.01. The predicted molar refractivity (Wildman–Crippen MR) is 58.1 cm³/mol. The molecule has 0 bridgehead atoms. The van der Waals surface area contributed by atoms with E-state index in [1.54, 1.807) is 0 Å². The Labute approximate surface area is 90.8 Å². The molecule has 1 rings (SSSR count). The van der Waals surface area contributed by atoms with E-state index in [1.165, 1.54) is 0 Å². The minimum absolute atomic E-state index is 0.0949. The fraction of sp³-hybridized carbons (Fsp3) is 1.00. The molecule has 1 saturated heterocycles. The van der Waals surface area contributed by atoms with E-state index in [9.17, 15) is 8.78 Å². The molecule has 0 radical (unpaired) electrons. The summed E-state index contributed by atoms with van der Waals surface area (Å²) in [5.41, 5.74) is 5.51. The van der Waals surface area contributed by atoms with Crippen LogP contribution >= 0.6 is 0 Å². The van der Waals surface area contributed by atoms with Crippen LogP contribution in [0.2, 0.25) is 0 Å². The van der Waals surface area contributed by atoms with Crippen LogP contribution in [-0.4, -0.2) is 37.0 Å². The molecule has 15 heavy (non-hydrogen) atoms. The summed E-state index contributed by atoms with van der Waals surface area (Å²) in [5.74, 6) is -1.92. The van der Waals surface area contributed by atoms with Crippen molar-refractivity contribution in [3.05, 3.63) is 0 Å². The first-order valence-electron chi connectivity index (χ1n) is 5.81. The van der Waals surface area contributed by atoms with Crippen LogP contribution in [0.15, 0.2) is 0 Å². The van der Waals surface area contributed by atoms with E-state index in [-0.39, 0.29) is 6.54 Å². The number of likely N-dealkylation sites (tertiary alicyclic amines) is 1. The van der Waals surface area contributed by atoms with Gasteiger partial charge in [-0.25, -0.2) is 8.78 Å². The van der Waals surface area contributed by atoms with E-state index in [1.807, 2.05) is 4.90 Å². The molecule has 0 aromatic heterocycles. The van der Waals surface area contributed by atoms with Gasteiger partial charge in [-0.05, 0) is 51.2 Å². The lowest BCUT2D eigenvalue weighted by atomic mass is 9.97. The highest BCUT2D eigenvalue weighted by atomic mass is 19.3. The molecule has 1 aliphatic heterocycles. The van der Waals surface area contributed by atoms with Gasteiger partial charge in [-0.1, -0.05) is 0 Å². The SMILES string of the molecule is CC(F)(F)CN1CCCC(CCN)CC1. The van der Waals surface area contributed by atoms with Crippen molar-refractivity contribution >= 4 is 0 Å². The summed E-state index contributed by atoms with van der Waals surface area (Å²) in [7, 11) is 0. The highest BCUT2D eigenvalue weighted by Crippen LogP contribution is 2.22. The third-order valence-electron chi connectivity index (χ3n) is 3.02. The van der Waals surface area contributed by atoms with Crippen molar-refractivity contribution in [2.75, 3.05) is 26.2 Å². The van der Waals surface area contributed by atoms with Gasteiger partial charge in [0.15, 0.2) is 0 Å². The molecule has 1 aliphatic rings. The Bertz CT molecular complexity index is 180. The molecule has 2 N–H and O–H groups in total. The molecular weight excluding hydrogens is 198 g/mol. The van der Waals surface area contributed by atoms with Crippen LogP contribution in [-0.2, 0) is 0 Å². The third-order valence-corrected chi connectivity index (χ3v) is 3.02. The number of nitrogens with two attached hydrogens (primary N) is 1. The average Bonchev–Trinajstić information content (AvgIpc) is 2.29. The fourth-order valence-corrected chi connectivity index (χ4v) is 2.30. The zero-order valence-corrected chi connectivity index (χ0v) is 9.51. The summed E-state index contributed by atoms with van der Waals surface area (Å²) in [6, 6.07) is 0. The van der Waals surface area contributed by atoms with E-state index in [2.05, 4.69) is 0 Å². The summed E-state index contributed by atoms with van der Waals surface area (Å²) in [5, 5.41) is 0. The number of alkyl halides is 2. The molecule has 1 unspecified atom stereocenters. The van der Waals surface area contributed by atoms with Crippen LogP contribution in [0.5, 0.6) is 0 Å². The molecular formula is C11H22F2N2. The molecule has 4 heteroatoms. The lowest BCUT2D eigenvalue weighted by Crippen LogP contribution is -2.35. The van der Waals surface area contributed by atoms with Crippen LogP contribution in [0.1, 0.15) is 32.6 Å². The zero-order valence-electron chi connectivity index (χ0n) is 9.51. The predicted octanol–water partition coefficient (Wildman–Crippen LogP) is 2.09. The van der Waals surface area contributed by atoms with Crippen LogP contribution in [0.25, 0.3) is 0 Å². The van der Waals surface area contributed by atoms with Crippen molar-refractivity contribution < 1.29 is 8.78 Å². The molecule has 1 heterocycles. The molecule has 0 aromatic rings. The zero-order chi connectivity index (χ0) is 11.3. The summed E-state index contributed by atoms with van der Waals surface area (Å²) < 4.78 is 25.6. The van der Waals surface area contributed by atoms with Crippen molar-refractivity contribution in [3.63, 3.8) is 0 Å². The first kappa shape index (κ1) is 12.8. The Morgan fingerprint density at radius 3 is 2.67 bits per heavy atom. The highest BCUT2D eigenvalue weighted by Gasteiger charge is 2.26. The van der Waals surface area contributed by atoms with E-state index < -0.39 is 5.92 Å². The van der Waals surface area contributed by atoms with Gasteiger partial charge in [0.25, 0.3) is 5.92 Å². The number of rotatable bonds is 4. The minimum atomic E-state index is -2.56. The average molecular weight is 220 g/mol. The Morgan fingerprint density at radius 2 is 2.07 bits per heavy atom. The standard InChI is InChI=1S/C11H22F2N2/c1-11(12,13)9-15-7-2-3-10(4-6-14)5-8-15/h10H,2-9,14H2,1H3. The lowest BCUT2D eigenvalue weighted by Gasteiger charge is -2.23.